The Morgan fingerprint density at radius 1 is 1.26 bits per heavy atom. The topological polar surface area (TPSA) is 50.9 Å². The maximum Gasteiger partial charge on any atom is 0.0739 e. The van der Waals surface area contributed by atoms with Crippen molar-refractivity contribution >= 4 is 38.0 Å². The zero-order valence-electron chi connectivity index (χ0n) is 10.0. The number of halogens is 1. The van der Waals surface area contributed by atoms with Crippen LogP contribution in [0.15, 0.2) is 51.9 Å². The molecule has 1 atom stereocenters. The van der Waals surface area contributed by atoms with Gasteiger partial charge in [0.05, 0.1) is 9.83 Å². The van der Waals surface area contributed by atoms with Gasteiger partial charge < -0.3 is 0 Å². The highest BCUT2D eigenvalue weighted by atomic mass is 79.9. The number of hydrogen-bond acceptors (Lipinski definition) is 4. The van der Waals surface area contributed by atoms with E-state index in [2.05, 4.69) is 49.9 Å². The van der Waals surface area contributed by atoms with Crippen molar-refractivity contribution in [2.75, 3.05) is 0 Å². The summed E-state index contributed by atoms with van der Waals surface area (Å²) in [5.74, 6) is 5.75. The third-order valence-corrected chi connectivity index (χ3v) is 4.62. The highest BCUT2D eigenvalue weighted by Gasteiger charge is 2.16. The number of benzene rings is 1. The van der Waals surface area contributed by atoms with E-state index in [1.54, 1.807) is 11.3 Å². The molecule has 5 heteroatoms. The first-order valence-electron chi connectivity index (χ1n) is 5.82. The van der Waals surface area contributed by atoms with E-state index in [0.29, 0.717) is 0 Å². The number of nitrogens with one attached hydrogen (secondary N) is 1. The second kappa shape index (κ2) is 5.38. The van der Waals surface area contributed by atoms with Crippen molar-refractivity contribution in [1.29, 1.82) is 0 Å². The van der Waals surface area contributed by atoms with Crippen LogP contribution in [0.5, 0.6) is 0 Å². The molecule has 0 radical (unpaired) electrons. The van der Waals surface area contributed by atoms with Gasteiger partial charge in [0, 0.05) is 23.3 Å². The molecule has 0 saturated carbocycles. The van der Waals surface area contributed by atoms with Gasteiger partial charge in [0.2, 0.25) is 0 Å². The van der Waals surface area contributed by atoms with Crippen LogP contribution in [-0.4, -0.2) is 4.98 Å². The van der Waals surface area contributed by atoms with Crippen LogP contribution in [0.2, 0.25) is 0 Å². The van der Waals surface area contributed by atoms with Crippen LogP contribution in [0.4, 0.5) is 0 Å². The molecule has 3 rings (SSSR count). The number of aromatic nitrogens is 1. The van der Waals surface area contributed by atoms with Gasteiger partial charge in [0.15, 0.2) is 0 Å². The molecule has 0 aliphatic heterocycles. The average molecular weight is 334 g/mol. The van der Waals surface area contributed by atoms with Crippen molar-refractivity contribution in [3.8, 4) is 0 Å². The number of hydrogen-bond donors (Lipinski definition) is 2. The van der Waals surface area contributed by atoms with Crippen molar-refractivity contribution in [2.24, 2.45) is 5.84 Å². The second-order valence-corrected chi connectivity index (χ2v) is 6.52. The summed E-state index contributed by atoms with van der Waals surface area (Å²) < 4.78 is 1.09. The first-order chi connectivity index (χ1) is 9.29. The summed E-state index contributed by atoms with van der Waals surface area (Å²) in [4.78, 5) is 4.31. The van der Waals surface area contributed by atoms with Gasteiger partial charge in [-0.15, -0.1) is 11.3 Å². The molecule has 3 N–H and O–H groups in total. The van der Waals surface area contributed by atoms with Crippen LogP contribution < -0.4 is 11.3 Å². The molecular formula is C14H12BrN3S. The van der Waals surface area contributed by atoms with E-state index < -0.39 is 0 Å². The van der Waals surface area contributed by atoms with Gasteiger partial charge in [0.25, 0.3) is 0 Å². The molecule has 3 nitrogen and oxygen atoms in total. The van der Waals surface area contributed by atoms with E-state index in [1.807, 2.05) is 24.5 Å². The Hall–Kier alpha value is -1.27. The summed E-state index contributed by atoms with van der Waals surface area (Å²) in [6, 6.07) is 10.2. The predicted octanol–water partition coefficient (Wildman–Crippen LogP) is 3.61. The van der Waals surface area contributed by atoms with E-state index in [-0.39, 0.29) is 6.04 Å². The third-order valence-electron chi connectivity index (χ3n) is 3.10. The Morgan fingerprint density at radius 2 is 2.11 bits per heavy atom. The lowest BCUT2D eigenvalue weighted by atomic mass is 9.98. The Balaban J connectivity index is 2.16. The monoisotopic (exact) mass is 333 g/mol. The zero-order valence-corrected chi connectivity index (χ0v) is 12.4. The Kier molecular flexibility index (Phi) is 3.61. The number of nitrogens with two attached hydrogens (primary N) is 1. The van der Waals surface area contributed by atoms with Crippen LogP contribution in [0, 0.1) is 0 Å². The molecule has 0 amide bonds. The van der Waals surface area contributed by atoms with Crippen LogP contribution in [-0.2, 0) is 0 Å². The van der Waals surface area contributed by atoms with Gasteiger partial charge in [-0.2, -0.15) is 0 Å². The highest BCUT2D eigenvalue weighted by molar-refractivity contribution is 9.11. The second-order valence-electron chi connectivity index (χ2n) is 4.23. The molecule has 3 aromatic rings. The summed E-state index contributed by atoms with van der Waals surface area (Å²) in [6.07, 6.45) is 3.74. The molecule has 0 bridgehead atoms. The van der Waals surface area contributed by atoms with Crippen molar-refractivity contribution in [2.45, 2.75) is 6.04 Å². The van der Waals surface area contributed by atoms with Crippen LogP contribution in [0.1, 0.15) is 17.2 Å². The number of hydrazine groups is 1. The van der Waals surface area contributed by atoms with Crippen molar-refractivity contribution in [3.63, 3.8) is 0 Å². The molecule has 0 fully saturated rings. The Morgan fingerprint density at radius 3 is 2.84 bits per heavy atom. The molecule has 0 saturated heterocycles. The SMILES string of the molecule is NNC(c1csc(Br)c1)c1cncc2ccccc12. The first kappa shape index (κ1) is 12.7. The summed E-state index contributed by atoms with van der Waals surface area (Å²) in [7, 11) is 0. The zero-order chi connectivity index (χ0) is 13.2. The molecule has 96 valence electrons. The first-order valence-corrected chi connectivity index (χ1v) is 7.49. The maximum absolute atomic E-state index is 5.75. The van der Waals surface area contributed by atoms with Gasteiger partial charge in [-0.25, -0.2) is 5.43 Å². The molecule has 2 heterocycles. The van der Waals surface area contributed by atoms with Crippen LogP contribution in [0.25, 0.3) is 10.8 Å². The van der Waals surface area contributed by atoms with E-state index in [0.717, 1.165) is 20.3 Å². The minimum absolute atomic E-state index is 0.0545. The number of rotatable bonds is 3. The summed E-state index contributed by atoms with van der Waals surface area (Å²) >= 11 is 5.14. The van der Waals surface area contributed by atoms with E-state index in [1.165, 1.54) is 5.39 Å². The smallest absolute Gasteiger partial charge is 0.0739 e. The quantitative estimate of drug-likeness (QED) is 0.568. The highest BCUT2D eigenvalue weighted by Crippen LogP contribution is 2.31. The van der Waals surface area contributed by atoms with Gasteiger partial charge in [-0.3, -0.25) is 10.8 Å². The van der Waals surface area contributed by atoms with Crippen LogP contribution >= 0.6 is 27.3 Å². The minimum atomic E-state index is -0.0545. The lowest BCUT2D eigenvalue weighted by molar-refractivity contribution is 0.641. The molecule has 0 aliphatic carbocycles. The fourth-order valence-electron chi connectivity index (χ4n) is 2.21. The van der Waals surface area contributed by atoms with E-state index >= 15 is 0 Å². The molecule has 2 aromatic heterocycles. The van der Waals surface area contributed by atoms with Crippen molar-refractivity contribution in [3.05, 3.63) is 63.0 Å². The van der Waals surface area contributed by atoms with Gasteiger partial charge in [-0.1, -0.05) is 24.3 Å². The third kappa shape index (κ3) is 2.42. The molecule has 1 aromatic carbocycles. The number of nitrogens with zero attached hydrogens (tertiary/aromatic N) is 1. The number of pyridine rings is 1. The maximum atomic E-state index is 5.75. The summed E-state index contributed by atoms with van der Waals surface area (Å²) in [5.41, 5.74) is 5.11. The van der Waals surface area contributed by atoms with E-state index in [9.17, 15) is 0 Å². The normalized spacial score (nSPS) is 12.7. The standard InChI is InChI=1S/C14H12BrN3S/c15-13-5-10(8-19-13)14(18-16)12-7-17-6-9-3-1-2-4-11(9)12/h1-8,14,18H,16H2. The summed E-state index contributed by atoms with van der Waals surface area (Å²) in [6.45, 7) is 0. The van der Waals surface area contributed by atoms with Gasteiger partial charge in [0.1, 0.15) is 0 Å². The molecule has 0 spiro atoms. The van der Waals surface area contributed by atoms with Crippen LogP contribution in [0.3, 0.4) is 0 Å². The lowest BCUT2D eigenvalue weighted by Gasteiger charge is -2.16. The fourth-order valence-corrected chi connectivity index (χ4v) is 3.41. The molecular weight excluding hydrogens is 322 g/mol. The Bertz CT molecular complexity index is 705. The fraction of sp³-hybridized carbons (Fsp3) is 0.0714. The minimum Gasteiger partial charge on any atom is -0.271 e. The number of fused-ring (bicyclic) bond motifs is 1. The lowest BCUT2D eigenvalue weighted by Crippen LogP contribution is -2.28. The largest absolute Gasteiger partial charge is 0.271 e. The molecule has 1 unspecified atom stereocenters. The Labute approximate surface area is 123 Å². The van der Waals surface area contributed by atoms with Crippen molar-refractivity contribution < 1.29 is 0 Å². The average Bonchev–Trinajstić information content (AvgIpc) is 2.86. The predicted molar refractivity (Wildman–Crippen MR) is 82.9 cm³/mol. The van der Waals surface area contributed by atoms with E-state index in [4.69, 9.17) is 5.84 Å². The van der Waals surface area contributed by atoms with Crippen molar-refractivity contribution in [1.82, 2.24) is 10.4 Å². The van der Waals surface area contributed by atoms with Gasteiger partial charge >= 0.3 is 0 Å². The summed E-state index contributed by atoms with van der Waals surface area (Å²) in [5, 5.41) is 4.38. The number of thiophene rings is 1. The van der Waals surface area contributed by atoms with Gasteiger partial charge in [-0.05, 0) is 38.3 Å². The molecule has 19 heavy (non-hydrogen) atoms. The molecule has 0 aliphatic rings.